The van der Waals surface area contributed by atoms with Crippen molar-refractivity contribution >= 4 is 52.2 Å². The lowest BCUT2D eigenvalue weighted by atomic mass is 10.1. The Morgan fingerprint density at radius 1 is 1.11 bits per heavy atom. The van der Waals surface area contributed by atoms with Gasteiger partial charge in [-0.1, -0.05) is 46.9 Å². The van der Waals surface area contributed by atoms with E-state index in [9.17, 15) is 19.7 Å². The van der Waals surface area contributed by atoms with Gasteiger partial charge in [-0.3, -0.25) is 19.7 Å². The molecule has 0 aliphatic heterocycles. The lowest BCUT2D eigenvalue weighted by molar-refractivity contribution is -0.385. The van der Waals surface area contributed by atoms with E-state index in [1.54, 1.807) is 0 Å². The number of carbonyl (C=O) groups excluding carboxylic acids is 2. The first-order chi connectivity index (χ1) is 12.6. The van der Waals surface area contributed by atoms with Crippen molar-refractivity contribution in [3.8, 4) is 5.75 Å². The number of nitrogens with zero attached hydrogens (tertiary/aromatic N) is 1. The predicted molar refractivity (Wildman–Crippen MR) is 102 cm³/mol. The number of Topliss-reactive ketones (excluding diaryl/α,β-unsaturated/α-hetero) is 1. The fourth-order valence-electron chi connectivity index (χ4n) is 2.10. The molecule has 27 heavy (non-hydrogen) atoms. The largest absolute Gasteiger partial charge is 0.466 e. The number of hydrogen-bond acceptors (Lipinski definition) is 5. The Hall–Kier alpha value is -2.35. The molecule has 0 aliphatic rings. The van der Waals surface area contributed by atoms with Gasteiger partial charge in [-0.25, -0.2) is 0 Å². The van der Waals surface area contributed by atoms with E-state index in [0.29, 0.717) is 5.56 Å². The Morgan fingerprint density at radius 2 is 1.70 bits per heavy atom. The van der Waals surface area contributed by atoms with Crippen LogP contribution in [0.3, 0.4) is 0 Å². The minimum absolute atomic E-state index is 0.135. The zero-order chi connectivity index (χ0) is 20.2. The van der Waals surface area contributed by atoms with E-state index in [0.717, 1.165) is 0 Å². The van der Waals surface area contributed by atoms with E-state index in [1.807, 2.05) is 0 Å². The first-order valence-electron chi connectivity index (χ1n) is 7.48. The van der Waals surface area contributed by atoms with Crippen LogP contribution in [0.1, 0.15) is 27.6 Å². The number of hydrogen-bond donors (Lipinski definition) is 1. The van der Waals surface area contributed by atoms with Gasteiger partial charge in [0.05, 0.1) is 4.92 Å². The lowest BCUT2D eigenvalue weighted by Gasteiger charge is -2.26. The van der Waals surface area contributed by atoms with Crippen molar-refractivity contribution in [3.05, 3.63) is 69.8 Å². The summed E-state index contributed by atoms with van der Waals surface area (Å²) in [5.74, 6) is -0.762. The third-order valence-corrected chi connectivity index (χ3v) is 4.01. The van der Waals surface area contributed by atoms with Gasteiger partial charge in [-0.2, -0.15) is 0 Å². The molecule has 0 aliphatic carbocycles. The first-order valence-corrected chi connectivity index (χ1v) is 8.61. The van der Waals surface area contributed by atoms with Gasteiger partial charge < -0.3 is 10.1 Å². The minimum atomic E-state index is -2.07. The summed E-state index contributed by atoms with van der Waals surface area (Å²) in [6, 6.07) is 11.3. The van der Waals surface area contributed by atoms with Gasteiger partial charge in [-0.15, -0.1) is 0 Å². The third kappa shape index (κ3) is 5.56. The highest BCUT2D eigenvalue weighted by atomic mass is 35.6. The Bertz CT molecular complexity index is 866. The summed E-state index contributed by atoms with van der Waals surface area (Å²) in [5, 5.41) is 13.4. The third-order valence-electron chi connectivity index (χ3n) is 3.42. The number of nitro groups is 1. The van der Waals surface area contributed by atoms with Crippen LogP contribution in [-0.2, 0) is 0 Å². The molecule has 0 heterocycles. The molecule has 0 radical (unpaired) electrons. The van der Waals surface area contributed by atoms with Crippen LogP contribution in [-0.4, -0.2) is 26.6 Å². The number of benzene rings is 2. The maximum atomic E-state index is 12.4. The molecule has 2 aromatic rings. The molecule has 1 amide bonds. The van der Waals surface area contributed by atoms with Crippen molar-refractivity contribution in [1.29, 1.82) is 0 Å². The minimum Gasteiger partial charge on any atom is -0.466 e. The molecule has 0 saturated heterocycles. The summed E-state index contributed by atoms with van der Waals surface area (Å²) in [5.41, 5.74) is -0.155. The Morgan fingerprint density at radius 3 is 2.22 bits per heavy atom. The highest BCUT2D eigenvalue weighted by Crippen LogP contribution is 2.32. The zero-order valence-electron chi connectivity index (χ0n) is 13.8. The normalized spacial score (nSPS) is 12.1. The second-order valence-corrected chi connectivity index (χ2v) is 7.74. The molecule has 2 rings (SSSR count). The Balaban J connectivity index is 2.24. The molecule has 0 fully saturated rings. The van der Waals surface area contributed by atoms with Gasteiger partial charge in [0.25, 0.3) is 11.6 Å². The summed E-state index contributed by atoms with van der Waals surface area (Å²) in [7, 11) is 0. The van der Waals surface area contributed by atoms with Crippen LogP contribution in [0.4, 0.5) is 5.69 Å². The van der Waals surface area contributed by atoms with E-state index in [1.165, 1.54) is 55.5 Å². The number of carbonyl (C=O) groups is 2. The summed E-state index contributed by atoms with van der Waals surface area (Å²) in [6.45, 7) is 1.41. The van der Waals surface area contributed by atoms with E-state index >= 15 is 0 Å². The highest BCUT2D eigenvalue weighted by molar-refractivity contribution is 6.68. The summed E-state index contributed by atoms with van der Waals surface area (Å²) in [4.78, 5) is 34.1. The fourth-order valence-corrected chi connectivity index (χ4v) is 2.40. The number of nitro benzene ring substituents is 1. The summed E-state index contributed by atoms with van der Waals surface area (Å²) >= 11 is 17.6. The van der Waals surface area contributed by atoms with Crippen molar-refractivity contribution in [3.63, 3.8) is 0 Å². The molecule has 0 bridgehead atoms. The zero-order valence-corrected chi connectivity index (χ0v) is 16.1. The number of ketones is 1. The van der Waals surface area contributed by atoms with E-state index in [4.69, 9.17) is 39.5 Å². The number of alkyl halides is 3. The average Bonchev–Trinajstić information content (AvgIpc) is 2.60. The molecule has 2 aromatic carbocycles. The van der Waals surface area contributed by atoms with Crippen LogP contribution in [0.5, 0.6) is 5.75 Å². The molecular weight excluding hydrogens is 419 g/mol. The summed E-state index contributed by atoms with van der Waals surface area (Å²) in [6.07, 6.45) is -1.45. The molecule has 142 valence electrons. The van der Waals surface area contributed by atoms with Gasteiger partial charge in [0.15, 0.2) is 5.78 Å². The second-order valence-electron chi connectivity index (χ2n) is 5.37. The highest BCUT2D eigenvalue weighted by Gasteiger charge is 2.37. The SMILES string of the molecule is CC(=O)c1ccc(O[C@H](NC(=O)c2ccccc2[N+](=O)[O-])C(Cl)(Cl)Cl)cc1. The van der Waals surface area contributed by atoms with Crippen LogP contribution in [0.25, 0.3) is 0 Å². The van der Waals surface area contributed by atoms with Crippen LogP contribution in [0.2, 0.25) is 0 Å². The Labute approximate surface area is 169 Å². The molecular formula is C17H13Cl3N2O5. The molecule has 7 nitrogen and oxygen atoms in total. The van der Waals surface area contributed by atoms with Gasteiger partial charge in [0.2, 0.25) is 10.0 Å². The van der Waals surface area contributed by atoms with Gasteiger partial charge in [0.1, 0.15) is 11.3 Å². The predicted octanol–water partition coefficient (Wildman–Crippen LogP) is 4.30. The molecule has 1 atom stereocenters. The maximum Gasteiger partial charge on any atom is 0.282 e. The van der Waals surface area contributed by atoms with E-state index in [-0.39, 0.29) is 17.1 Å². The van der Waals surface area contributed by atoms with Crippen LogP contribution in [0.15, 0.2) is 48.5 Å². The molecule has 0 saturated carbocycles. The van der Waals surface area contributed by atoms with E-state index in [2.05, 4.69) is 5.32 Å². The number of rotatable bonds is 6. The molecule has 0 aromatic heterocycles. The van der Waals surface area contributed by atoms with Gasteiger partial charge >= 0.3 is 0 Å². The topological polar surface area (TPSA) is 98.5 Å². The van der Waals surface area contributed by atoms with Crippen molar-refractivity contribution in [1.82, 2.24) is 5.32 Å². The van der Waals surface area contributed by atoms with Crippen molar-refractivity contribution in [2.24, 2.45) is 0 Å². The van der Waals surface area contributed by atoms with Crippen molar-refractivity contribution in [2.75, 3.05) is 0 Å². The van der Waals surface area contributed by atoms with Crippen LogP contribution >= 0.6 is 34.8 Å². The van der Waals surface area contributed by atoms with Crippen LogP contribution < -0.4 is 10.1 Å². The molecule has 0 unspecified atom stereocenters. The number of ether oxygens (including phenoxy) is 1. The van der Waals surface area contributed by atoms with Crippen LogP contribution in [0, 0.1) is 10.1 Å². The second kappa shape index (κ2) is 8.56. The lowest BCUT2D eigenvalue weighted by Crippen LogP contribution is -2.48. The number of nitrogens with one attached hydrogen (secondary N) is 1. The molecule has 10 heteroatoms. The smallest absolute Gasteiger partial charge is 0.282 e. The summed E-state index contributed by atoms with van der Waals surface area (Å²) < 4.78 is 3.43. The van der Waals surface area contributed by atoms with E-state index < -0.39 is 26.5 Å². The standard InChI is InChI=1S/C17H13Cl3N2O5/c1-10(23)11-6-8-12(9-7-11)27-16(17(18,19)20)21-15(24)13-4-2-3-5-14(13)22(25)26/h2-9,16H,1H3,(H,21,24)/t16-/m0/s1. The Kier molecular flexibility index (Phi) is 6.64. The average molecular weight is 432 g/mol. The number of halogens is 3. The van der Waals surface area contributed by atoms with Gasteiger partial charge in [0, 0.05) is 11.6 Å². The van der Waals surface area contributed by atoms with Crippen molar-refractivity contribution in [2.45, 2.75) is 16.9 Å². The molecule has 1 N–H and O–H groups in total. The first kappa shape index (κ1) is 21.0. The monoisotopic (exact) mass is 430 g/mol. The fraction of sp³-hybridized carbons (Fsp3) is 0.176. The van der Waals surface area contributed by atoms with Crippen molar-refractivity contribution < 1.29 is 19.2 Å². The molecule has 0 spiro atoms. The maximum absolute atomic E-state index is 12.4. The number of para-hydroxylation sites is 1. The van der Waals surface area contributed by atoms with Gasteiger partial charge in [-0.05, 0) is 37.3 Å². The number of amides is 1. The quantitative estimate of drug-likeness (QED) is 0.242.